The highest BCUT2D eigenvalue weighted by atomic mass is 32.1. The van der Waals surface area contributed by atoms with Crippen molar-refractivity contribution in [3.8, 4) is 0 Å². The number of anilines is 1. The van der Waals surface area contributed by atoms with Crippen molar-refractivity contribution in [2.75, 3.05) is 5.73 Å². The molecule has 152 valence electrons. The Labute approximate surface area is 173 Å². The van der Waals surface area contributed by atoms with E-state index in [0.29, 0.717) is 11.6 Å². The number of hydrogen-bond donors (Lipinski definition) is 4. The van der Waals surface area contributed by atoms with Crippen molar-refractivity contribution in [1.82, 2.24) is 15.6 Å². The number of nitrogens with one attached hydrogen (secondary N) is 2. The number of nitrogens with zero attached hydrogens (tertiary/aromatic N) is 1. The molecule has 0 aliphatic heterocycles. The van der Waals surface area contributed by atoms with Gasteiger partial charge in [-0.05, 0) is 22.8 Å². The normalized spacial score (nSPS) is 13.0. The lowest BCUT2D eigenvalue weighted by Gasteiger charge is -2.20. The van der Waals surface area contributed by atoms with E-state index in [2.05, 4.69) is 15.6 Å². The summed E-state index contributed by atoms with van der Waals surface area (Å²) in [5.74, 6) is -0.892. The average Bonchev–Trinajstić information content (AvgIpc) is 3.16. The van der Waals surface area contributed by atoms with Crippen molar-refractivity contribution < 1.29 is 14.7 Å². The zero-order valence-electron chi connectivity index (χ0n) is 16.1. The number of fused-ring (bicyclic) bond motifs is 1. The van der Waals surface area contributed by atoms with E-state index >= 15 is 0 Å². The van der Waals surface area contributed by atoms with Gasteiger partial charge in [-0.2, -0.15) is 0 Å². The second kappa shape index (κ2) is 9.49. The van der Waals surface area contributed by atoms with Gasteiger partial charge in [0.15, 0.2) is 5.13 Å². The summed E-state index contributed by atoms with van der Waals surface area (Å²) in [6.07, 6.45) is 1.04. The first-order chi connectivity index (χ1) is 14.0. The molecule has 5 N–H and O–H groups in total. The van der Waals surface area contributed by atoms with Gasteiger partial charge in [0.05, 0.1) is 6.54 Å². The molecule has 0 saturated heterocycles. The van der Waals surface area contributed by atoms with Crippen LogP contribution < -0.4 is 16.4 Å². The monoisotopic (exact) mass is 412 g/mol. The topological polar surface area (TPSA) is 117 Å². The van der Waals surface area contributed by atoms with Crippen LogP contribution in [0.2, 0.25) is 0 Å². The third-order valence-corrected chi connectivity index (χ3v) is 5.46. The van der Waals surface area contributed by atoms with E-state index in [1.54, 1.807) is 13.1 Å². The maximum atomic E-state index is 12.9. The second-order valence-corrected chi connectivity index (χ2v) is 7.86. The minimum Gasteiger partial charge on any atom is -0.383 e. The SMILES string of the molecule is CC[C@@H](O)C(=O)N[C@@H](Cc1cccc2ccccc12)C(=O)NCc1cnc(N)s1. The number of carbonyl (C=O) groups excluding carboxylic acids is 2. The molecule has 8 heteroatoms. The van der Waals surface area contributed by atoms with Crippen LogP contribution in [-0.4, -0.2) is 34.1 Å². The number of nitrogens with two attached hydrogens (primary N) is 1. The molecule has 2 amide bonds. The predicted octanol–water partition coefficient (Wildman–Crippen LogP) is 1.99. The van der Waals surface area contributed by atoms with Crippen LogP contribution in [0.15, 0.2) is 48.7 Å². The molecule has 7 nitrogen and oxygen atoms in total. The summed E-state index contributed by atoms with van der Waals surface area (Å²) < 4.78 is 0. The number of hydrogen-bond acceptors (Lipinski definition) is 6. The standard InChI is InChI=1S/C21H24N4O3S/c1-2-18(26)20(28)25-17(19(27)23-11-15-12-24-21(22)29-15)10-14-8-5-7-13-6-3-4-9-16(13)14/h3-9,12,17-18,26H,2,10-11H2,1H3,(H2,22,24)(H,23,27)(H,25,28)/t17-,18+/m0/s1. The van der Waals surface area contributed by atoms with Gasteiger partial charge < -0.3 is 21.5 Å². The minimum atomic E-state index is -1.15. The molecule has 29 heavy (non-hydrogen) atoms. The number of amides is 2. The summed E-state index contributed by atoms with van der Waals surface area (Å²) in [5, 5.41) is 17.9. The fourth-order valence-electron chi connectivity index (χ4n) is 3.05. The summed E-state index contributed by atoms with van der Waals surface area (Å²) in [6, 6.07) is 12.9. The third-order valence-electron chi connectivity index (χ3n) is 4.63. The number of aromatic nitrogens is 1. The van der Waals surface area contributed by atoms with Crippen LogP contribution in [0.5, 0.6) is 0 Å². The van der Waals surface area contributed by atoms with E-state index < -0.39 is 18.1 Å². The zero-order valence-corrected chi connectivity index (χ0v) is 16.9. The lowest BCUT2D eigenvalue weighted by Crippen LogP contribution is -2.50. The Kier molecular flexibility index (Phi) is 6.79. The quantitative estimate of drug-likeness (QED) is 0.451. The molecular weight excluding hydrogens is 388 g/mol. The molecule has 0 fully saturated rings. The third kappa shape index (κ3) is 5.30. The summed E-state index contributed by atoms with van der Waals surface area (Å²) in [5.41, 5.74) is 6.57. The van der Waals surface area contributed by atoms with E-state index in [4.69, 9.17) is 5.73 Å². The van der Waals surface area contributed by atoms with Crippen molar-refractivity contribution in [2.24, 2.45) is 0 Å². The highest BCUT2D eigenvalue weighted by Crippen LogP contribution is 2.20. The predicted molar refractivity (Wildman–Crippen MR) is 114 cm³/mol. The maximum Gasteiger partial charge on any atom is 0.249 e. The van der Waals surface area contributed by atoms with Crippen molar-refractivity contribution in [1.29, 1.82) is 0 Å². The molecule has 3 rings (SSSR count). The second-order valence-electron chi connectivity index (χ2n) is 6.71. The summed E-state index contributed by atoms with van der Waals surface area (Å²) in [7, 11) is 0. The summed E-state index contributed by atoms with van der Waals surface area (Å²) >= 11 is 1.29. The van der Waals surface area contributed by atoms with Gasteiger partial charge in [-0.15, -0.1) is 11.3 Å². The molecular formula is C21H24N4O3S. The fourth-order valence-corrected chi connectivity index (χ4v) is 3.68. The smallest absolute Gasteiger partial charge is 0.249 e. The molecule has 0 spiro atoms. The van der Waals surface area contributed by atoms with Crippen molar-refractivity contribution in [3.05, 3.63) is 59.1 Å². The van der Waals surface area contributed by atoms with Crippen LogP contribution in [0.3, 0.4) is 0 Å². The van der Waals surface area contributed by atoms with E-state index in [9.17, 15) is 14.7 Å². The summed E-state index contributed by atoms with van der Waals surface area (Å²) in [6.45, 7) is 1.98. The number of aliphatic hydroxyl groups excluding tert-OH is 1. The first-order valence-electron chi connectivity index (χ1n) is 9.41. The van der Waals surface area contributed by atoms with Gasteiger partial charge in [0.2, 0.25) is 11.8 Å². The molecule has 1 aromatic heterocycles. The Morgan fingerprint density at radius 3 is 2.66 bits per heavy atom. The van der Waals surface area contributed by atoms with Crippen LogP contribution >= 0.6 is 11.3 Å². The van der Waals surface area contributed by atoms with Gasteiger partial charge in [-0.25, -0.2) is 4.98 Å². The Hall–Kier alpha value is -2.97. The molecule has 3 aromatic rings. The zero-order chi connectivity index (χ0) is 20.8. The van der Waals surface area contributed by atoms with Gasteiger partial charge in [0, 0.05) is 17.5 Å². The number of rotatable bonds is 8. The summed E-state index contributed by atoms with van der Waals surface area (Å²) in [4.78, 5) is 29.9. The highest BCUT2D eigenvalue weighted by molar-refractivity contribution is 7.15. The van der Waals surface area contributed by atoms with Crippen molar-refractivity contribution >= 4 is 39.1 Å². The fraction of sp³-hybridized carbons (Fsp3) is 0.286. The van der Waals surface area contributed by atoms with E-state index in [1.165, 1.54) is 11.3 Å². The van der Waals surface area contributed by atoms with Crippen LogP contribution in [0.25, 0.3) is 10.8 Å². The van der Waals surface area contributed by atoms with E-state index in [0.717, 1.165) is 21.2 Å². The van der Waals surface area contributed by atoms with E-state index in [1.807, 2.05) is 42.5 Å². The number of carbonyl (C=O) groups is 2. The number of thiazole rings is 1. The number of nitrogen functional groups attached to an aromatic ring is 1. The molecule has 0 aliphatic carbocycles. The number of benzene rings is 2. The largest absolute Gasteiger partial charge is 0.383 e. The van der Waals surface area contributed by atoms with Crippen LogP contribution in [-0.2, 0) is 22.6 Å². The Balaban J connectivity index is 1.79. The molecule has 0 radical (unpaired) electrons. The lowest BCUT2D eigenvalue weighted by molar-refractivity contribution is -0.134. The first kappa shape index (κ1) is 20.8. The van der Waals surface area contributed by atoms with Crippen LogP contribution in [0.1, 0.15) is 23.8 Å². The van der Waals surface area contributed by atoms with Gasteiger partial charge in [-0.3, -0.25) is 9.59 Å². The molecule has 0 saturated carbocycles. The van der Waals surface area contributed by atoms with Gasteiger partial charge in [0.25, 0.3) is 0 Å². The Morgan fingerprint density at radius 2 is 1.93 bits per heavy atom. The molecule has 2 atom stereocenters. The van der Waals surface area contributed by atoms with Crippen LogP contribution in [0.4, 0.5) is 5.13 Å². The Bertz CT molecular complexity index is 999. The van der Waals surface area contributed by atoms with Crippen molar-refractivity contribution in [2.45, 2.75) is 38.5 Å². The molecule has 0 bridgehead atoms. The Morgan fingerprint density at radius 1 is 1.17 bits per heavy atom. The molecule has 1 heterocycles. The molecule has 0 unspecified atom stereocenters. The minimum absolute atomic E-state index is 0.270. The first-order valence-corrected chi connectivity index (χ1v) is 10.2. The van der Waals surface area contributed by atoms with Crippen molar-refractivity contribution in [3.63, 3.8) is 0 Å². The van der Waals surface area contributed by atoms with E-state index in [-0.39, 0.29) is 18.9 Å². The van der Waals surface area contributed by atoms with Gasteiger partial charge in [0.1, 0.15) is 12.1 Å². The number of aliphatic hydroxyl groups is 1. The van der Waals surface area contributed by atoms with Crippen LogP contribution in [0, 0.1) is 0 Å². The average molecular weight is 413 g/mol. The van der Waals surface area contributed by atoms with Gasteiger partial charge >= 0.3 is 0 Å². The highest BCUT2D eigenvalue weighted by Gasteiger charge is 2.24. The molecule has 0 aliphatic rings. The molecule has 2 aromatic carbocycles. The van der Waals surface area contributed by atoms with Gasteiger partial charge in [-0.1, -0.05) is 49.4 Å². The maximum absolute atomic E-state index is 12.9. The lowest BCUT2D eigenvalue weighted by atomic mass is 9.98.